The smallest absolute Gasteiger partial charge is 0.271 e. The fourth-order valence-electron chi connectivity index (χ4n) is 3.38. The van der Waals surface area contributed by atoms with Gasteiger partial charge >= 0.3 is 0 Å². The summed E-state index contributed by atoms with van der Waals surface area (Å²) < 4.78 is 1.13. The van der Waals surface area contributed by atoms with E-state index in [0.717, 1.165) is 9.47 Å². The van der Waals surface area contributed by atoms with Gasteiger partial charge in [0.1, 0.15) is 11.6 Å². The van der Waals surface area contributed by atoms with E-state index in [2.05, 4.69) is 4.85 Å². The molecule has 0 fully saturated rings. The summed E-state index contributed by atoms with van der Waals surface area (Å²) in [6, 6.07) is 1.87. The van der Waals surface area contributed by atoms with Gasteiger partial charge in [-0.1, -0.05) is 23.8 Å². The maximum Gasteiger partial charge on any atom is 0.271 e. The molecule has 1 aromatic heterocycles. The molecular weight excluding hydrogens is 408 g/mol. The first kappa shape index (κ1) is 24.1. The van der Waals surface area contributed by atoms with Crippen LogP contribution in [0.15, 0.2) is 45.3 Å². The van der Waals surface area contributed by atoms with Crippen LogP contribution in [0.3, 0.4) is 0 Å². The van der Waals surface area contributed by atoms with Gasteiger partial charge in [-0.05, 0) is 51.8 Å². The number of nitriles is 1. The Bertz CT molecular complexity index is 1260. The predicted octanol–water partition coefficient (Wildman–Crippen LogP) is 3.55. The van der Waals surface area contributed by atoms with Gasteiger partial charge in [0, 0.05) is 24.2 Å². The lowest BCUT2D eigenvalue weighted by Crippen LogP contribution is -2.42. The second kappa shape index (κ2) is 9.76. The van der Waals surface area contributed by atoms with Gasteiger partial charge in [0.25, 0.3) is 17.4 Å². The van der Waals surface area contributed by atoms with Crippen LogP contribution in [0.25, 0.3) is 10.9 Å². The molecule has 0 spiro atoms. The molecule has 1 aromatic rings. The molecule has 0 bridgehead atoms. The summed E-state index contributed by atoms with van der Waals surface area (Å²) in [5, 5.41) is 19.5. The van der Waals surface area contributed by atoms with Gasteiger partial charge in [-0.3, -0.25) is 23.9 Å². The molecule has 2 amide bonds. The number of imide groups is 1. The average Bonchev–Trinajstić information content (AvgIpc) is 2.74. The third kappa shape index (κ3) is 4.17. The highest BCUT2D eigenvalue weighted by molar-refractivity contribution is 6.18. The van der Waals surface area contributed by atoms with Crippen molar-refractivity contribution >= 4 is 23.6 Å². The van der Waals surface area contributed by atoms with Crippen LogP contribution in [0.1, 0.15) is 38.8 Å². The Kier molecular flexibility index (Phi) is 7.35. The number of aromatic hydroxyl groups is 1. The van der Waals surface area contributed by atoms with Crippen molar-refractivity contribution < 1.29 is 14.7 Å². The van der Waals surface area contributed by atoms with Crippen LogP contribution >= 0.6 is 0 Å². The van der Waals surface area contributed by atoms with Crippen molar-refractivity contribution in [3.05, 3.63) is 73.4 Å². The second-order valence-electron chi connectivity index (χ2n) is 7.16. The highest BCUT2D eigenvalue weighted by Gasteiger charge is 2.34. The number of likely N-dealkylation sites (N-methyl/N-ethyl adjacent to an activating group) is 1. The number of nitrogens with zero attached hydrogens (tertiary/aromatic N) is 4. The second-order valence-corrected chi connectivity index (χ2v) is 7.16. The van der Waals surface area contributed by atoms with Gasteiger partial charge in [0.15, 0.2) is 5.88 Å². The highest BCUT2D eigenvalue weighted by Crippen LogP contribution is 2.31. The summed E-state index contributed by atoms with van der Waals surface area (Å²) in [5.41, 5.74) is 1.48. The van der Waals surface area contributed by atoms with Crippen LogP contribution in [-0.4, -0.2) is 32.9 Å². The highest BCUT2D eigenvalue weighted by atomic mass is 16.3. The van der Waals surface area contributed by atoms with Crippen molar-refractivity contribution in [2.45, 2.75) is 41.2 Å². The average molecular weight is 432 g/mol. The van der Waals surface area contributed by atoms with E-state index in [1.54, 1.807) is 58.9 Å². The summed E-state index contributed by atoms with van der Waals surface area (Å²) >= 11 is 0. The summed E-state index contributed by atoms with van der Waals surface area (Å²) in [6.45, 7) is 16.0. The normalized spacial score (nSPS) is 16.2. The van der Waals surface area contributed by atoms with Gasteiger partial charge in [0.2, 0.25) is 5.69 Å². The Labute approximate surface area is 186 Å². The van der Waals surface area contributed by atoms with Crippen LogP contribution in [0, 0.1) is 24.8 Å². The first-order chi connectivity index (χ1) is 15.1. The fourth-order valence-corrected chi connectivity index (χ4v) is 3.38. The Morgan fingerprint density at radius 2 is 1.84 bits per heavy atom. The van der Waals surface area contributed by atoms with Crippen molar-refractivity contribution in [2.24, 2.45) is 0 Å². The quantitative estimate of drug-likeness (QED) is 0.331. The molecule has 1 aliphatic heterocycles. The minimum atomic E-state index is -0.596. The molecule has 0 aliphatic carbocycles. The number of aromatic nitrogens is 1. The summed E-state index contributed by atoms with van der Waals surface area (Å²) in [6.07, 6.45) is 6.42. The maximum absolute atomic E-state index is 12.7. The molecule has 32 heavy (non-hydrogen) atoms. The third-order valence-electron chi connectivity index (χ3n) is 5.30. The van der Waals surface area contributed by atoms with Crippen LogP contribution in [0.5, 0.6) is 5.88 Å². The molecule has 1 N–H and O–H groups in total. The summed E-state index contributed by atoms with van der Waals surface area (Å²) in [5.74, 6) is -1.41. The Hall–Kier alpha value is -4.17. The Morgan fingerprint density at radius 1 is 1.19 bits per heavy atom. The zero-order valence-corrected chi connectivity index (χ0v) is 18.7. The number of pyridine rings is 1. The Balaban J connectivity index is 2.52. The minimum absolute atomic E-state index is 0.0248. The van der Waals surface area contributed by atoms with Gasteiger partial charge < -0.3 is 5.11 Å². The number of hydrogen-bond acceptors (Lipinski definition) is 5. The number of carbonyl (C=O) groups is 2. The number of rotatable bonds is 5. The lowest BCUT2D eigenvalue weighted by molar-refractivity contribution is -0.140. The number of carbonyl (C=O) groups excluding carboxylic acids is 2. The van der Waals surface area contributed by atoms with Crippen LogP contribution in [-0.2, 0) is 16.1 Å². The molecule has 0 saturated carbocycles. The van der Waals surface area contributed by atoms with E-state index in [4.69, 9.17) is 6.57 Å². The Morgan fingerprint density at radius 3 is 2.38 bits per heavy atom. The van der Waals surface area contributed by atoms with E-state index in [1.807, 2.05) is 6.07 Å². The molecule has 0 atom stereocenters. The lowest BCUT2D eigenvalue weighted by Gasteiger charge is -2.25. The van der Waals surface area contributed by atoms with E-state index in [9.17, 15) is 24.8 Å². The predicted molar refractivity (Wildman–Crippen MR) is 121 cm³/mol. The fraction of sp³-hybridized carbons (Fsp3) is 0.292. The molecular formula is C24H24N4O4. The van der Waals surface area contributed by atoms with Crippen LogP contribution < -0.4 is 5.56 Å². The number of hydrogen-bond donors (Lipinski definition) is 1. The first-order valence-electron chi connectivity index (χ1n) is 10.0. The molecule has 1 aliphatic rings. The standard InChI is InChI=1S/C24H24N4O4/c1-7-27-21(29)17(15(4)19(13-25)23(27)31)11-9-14(3)10-12-18-16(5)20(26-6)24(32)28(8-2)22(18)30/h9-12,32H,7-8H2,1-5H3. The molecule has 0 aromatic carbocycles. The molecule has 0 unspecified atom stereocenters. The molecule has 164 valence electrons. The molecule has 0 saturated heterocycles. The van der Waals surface area contributed by atoms with Crippen molar-refractivity contribution in [2.75, 3.05) is 6.54 Å². The summed E-state index contributed by atoms with van der Waals surface area (Å²) in [7, 11) is 0. The molecule has 2 heterocycles. The summed E-state index contributed by atoms with van der Waals surface area (Å²) in [4.78, 5) is 41.9. The topological polar surface area (TPSA) is 108 Å². The van der Waals surface area contributed by atoms with Crippen molar-refractivity contribution in [3.8, 4) is 11.9 Å². The lowest BCUT2D eigenvalue weighted by atomic mass is 9.95. The first-order valence-corrected chi connectivity index (χ1v) is 10.0. The van der Waals surface area contributed by atoms with E-state index >= 15 is 0 Å². The van der Waals surface area contributed by atoms with E-state index < -0.39 is 17.4 Å². The number of allylic oxidation sites excluding steroid dienone is 4. The zero-order valence-electron chi connectivity index (χ0n) is 18.7. The van der Waals surface area contributed by atoms with E-state index in [0.29, 0.717) is 16.7 Å². The van der Waals surface area contributed by atoms with Crippen molar-refractivity contribution in [3.63, 3.8) is 0 Å². The van der Waals surface area contributed by atoms with E-state index in [1.165, 1.54) is 0 Å². The largest absolute Gasteiger partial charge is 0.503 e. The van der Waals surface area contributed by atoms with Crippen molar-refractivity contribution in [1.82, 2.24) is 9.47 Å². The van der Waals surface area contributed by atoms with Crippen molar-refractivity contribution in [1.29, 1.82) is 5.26 Å². The number of amides is 2. The molecule has 8 heteroatoms. The van der Waals surface area contributed by atoms with Gasteiger partial charge in [-0.2, -0.15) is 5.26 Å². The SMILES string of the molecule is [C-]#[N+]c1c(C)c(C=CC(C)=CC=C2C(=O)N(CC)C(=O)C(C#N)=C2C)c(=O)n(CC)c1O. The third-order valence-corrected chi connectivity index (χ3v) is 5.30. The molecule has 2 rings (SSSR count). The van der Waals surface area contributed by atoms with E-state index in [-0.39, 0.29) is 41.4 Å². The van der Waals surface area contributed by atoms with Crippen LogP contribution in [0.4, 0.5) is 5.69 Å². The van der Waals surface area contributed by atoms with Gasteiger partial charge in [0.05, 0.1) is 6.57 Å². The molecule has 8 nitrogen and oxygen atoms in total. The van der Waals surface area contributed by atoms with Gasteiger partial charge in [-0.15, -0.1) is 0 Å². The molecule has 0 radical (unpaired) electrons. The van der Waals surface area contributed by atoms with Gasteiger partial charge in [-0.25, -0.2) is 4.85 Å². The monoisotopic (exact) mass is 432 g/mol. The minimum Gasteiger partial charge on any atom is -0.503 e. The maximum atomic E-state index is 12.7. The zero-order chi connectivity index (χ0) is 24.2. The van der Waals surface area contributed by atoms with Crippen LogP contribution in [0.2, 0.25) is 0 Å².